The Hall–Kier alpha value is -0.570. The van der Waals surface area contributed by atoms with Crippen molar-refractivity contribution in [3.63, 3.8) is 0 Å². The number of primary amides is 1. The first-order valence-electron chi connectivity index (χ1n) is 3.17. The fourth-order valence-corrected chi connectivity index (χ4v) is 0.957. The van der Waals surface area contributed by atoms with Crippen LogP contribution in [0.4, 0.5) is 0 Å². The lowest BCUT2D eigenvalue weighted by molar-refractivity contribution is -0.121. The van der Waals surface area contributed by atoms with Gasteiger partial charge in [0, 0.05) is 6.54 Å². The summed E-state index contributed by atoms with van der Waals surface area (Å²) < 4.78 is 0. The van der Waals surface area contributed by atoms with Crippen molar-refractivity contribution in [2.45, 2.75) is 12.8 Å². The van der Waals surface area contributed by atoms with E-state index >= 15 is 0 Å². The molecule has 0 aromatic carbocycles. The third kappa shape index (κ3) is 1.68. The smallest absolute Gasteiger partial charge is 0.222 e. The molecule has 9 heavy (non-hydrogen) atoms. The average Bonchev–Trinajstić information content (AvgIpc) is 1.90. The highest BCUT2D eigenvalue weighted by Crippen LogP contribution is 2.11. The first kappa shape index (κ1) is 6.55. The van der Waals surface area contributed by atoms with Gasteiger partial charge < -0.3 is 11.1 Å². The van der Waals surface area contributed by atoms with Crippen molar-refractivity contribution in [2.75, 3.05) is 6.54 Å². The summed E-state index contributed by atoms with van der Waals surface area (Å²) in [6.45, 7) is 2.76. The van der Waals surface area contributed by atoms with Crippen LogP contribution in [0, 0.1) is 12.5 Å². The average molecular weight is 127 g/mol. The van der Waals surface area contributed by atoms with Gasteiger partial charge in [0.2, 0.25) is 5.91 Å². The zero-order chi connectivity index (χ0) is 6.69. The van der Waals surface area contributed by atoms with E-state index in [9.17, 15) is 4.79 Å². The summed E-state index contributed by atoms with van der Waals surface area (Å²) in [5.74, 6) is -0.263. The van der Waals surface area contributed by atoms with Crippen LogP contribution in [0.5, 0.6) is 0 Å². The Balaban J connectivity index is 2.31. The molecule has 51 valence electrons. The Labute approximate surface area is 54.6 Å². The number of hydrogen-bond acceptors (Lipinski definition) is 2. The van der Waals surface area contributed by atoms with Crippen molar-refractivity contribution < 1.29 is 4.79 Å². The second kappa shape index (κ2) is 2.82. The van der Waals surface area contributed by atoms with Crippen molar-refractivity contribution in [1.82, 2.24) is 5.32 Å². The Bertz CT molecular complexity index is 108. The second-order valence-electron chi connectivity index (χ2n) is 2.27. The lowest BCUT2D eigenvalue weighted by Gasteiger charge is -2.18. The van der Waals surface area contributed by atoms with E-state index in [1.165, 1.54) is 0 Å². The molecule has 1 saturated heterocycles. The molecule has 3 nitrogen and oxygen atoms in total. The monoisotopic (exact) mass is 127 g/mol. The van der Waals surface area contributed by atoms with E-state index in [1.807, 2.05) is 0 Å². The third-order valence-electron chi connectivity index (χ3n) is 1.52. The fourth-order valence-electron chi connectivity index (χ4n) is 0.957. The minimum absolute atomic E-state index is 0.0428. The van der Waals surface area contributed by atoms with Gasteiger partial charge in [-0.25, -0.2) is 0 Å². The number of amides is 1. The molecule has 3 heteroatoms. The maximum absolute atomic E-state index is 10.5. The van der Waals surface area contributed by atoms with Crippen LogP contribution in [0.15, 0.2) is 0 Å². The fraction of sp³-hybridized carbons (Fsp3) is 0.667. The van der Waals surface area contributed by atoms with Gasteiger partial charge in [-0.3, -0.25) is 4.79 Å². The number of rotatable bonds is 1. The quantitative estimate of drug-likeness (QED) is 0.505. The second-order valence-corrected chi connectivity index (χ2v) is 2.27. The molecule has 0 aromatic rings. The van der Waals surface area contributed by atoms with Crippen molar-refractivity contribution >= 4 is 5.91 Å². The largest absolute Gasteiger partial charge is 0.369 e. The number of hydrogen-bond donors (Lipinski definition) is 2. The normalized spacial score (nSPS) is 27.8. The van der Waals surface area contributed by atoms with E-state index in [1.54, 1.807) is 6.54 Å². The molecule has 1 fully saturated rings. The third-order valence-corrected chi connectivity index (χ3v) is 1.52. The lowest BCUT2D eigenvalue weighted by Crippen LogP contribution is -2.33. The van der Waals surface area contributed by atoms with Crippen LogP contribution in [0.25, 0.3) is 0 Å². The molecule has 1 aliphatic heterocycles. The molecule has 1 amide bonds. The minimum Gasteiger partial charge on any atom is -0.369 e. The highest BCUT2D eigenvalue weighted by Gasteiger charge is 2.17. The van der Waals surface area contributed by atoms with E-state index < -0.39 is 0 Å². The minimum atomic E-state index is -0.220. The molecule has 1 aliphatic rings. The van der Waals surface area contributed by atoms with Gasteiger partial charge >= 0.3 is 0 Å². The van der Waals surface area contributed by atoms with Crippen molar-refractivity contribution in [2.24, 2.45) is 11.7 Å². The molecule has 1 rings (SSSR count). The molecule has 3 N–H and O–H groups in total. The summed E-state index contributed by atoms with van der Waals surface area (Å²) in [7, 11) is 0. The van der Waals surface area contributed by atoms with Crippen LogP contribution in [-0.2, 0) is 4.79 Å². The van der Waals surface area contributed by atoms with E-state index in [2.05, 4.69) is 5.32 Å². The van der Waals surface area contributed by atoms with Gasteiger partial charge in [0.05, 0.1) is 5.92 Å². The van der Waals surface area contributed by atoms with Crippen LogP contribution in [0.3, 0.4) is 0 Å². The van der Waals surface area contributed by atoms with Crippen molar-refractivity contribution in [3.8, 4) is 0 Å². The Kier molecular flexibility index (Phi) is 2.05. The van der Waals surface area contributed by atoms with Crippen LogP contribution < -0.4 is 11.1 Å². The van der Waals surface area contributed by atoms with Gasteiger partial charge in [-0.15, -0.1) is 0 Å². The van der Waals surface area contributed by atoms with E-state index in [0.717, 1.165) is 19.4 Å². The maximum Gasteiger partial charge on any atom is 0.222 e. The zero-order valence-electron chi connectivity index (χ0n) is 5.26. The highest BCUT2D eigenvalue weighted by molar-refractivity contribution is 5.77. The molecule has 0 saturated carbocycles. The molecule has 0 bridgehead atoms. The molecule has 1 radical (unpaired) electrons. The standard InChI is InChI=1S/C6H11N2O/c7-6(9)5-2-1-3-8-4-5/h4-5,8H,1-3H2,(H2,7,9)/t5-/m1/s1. The summed E-state index contributed by atoms with van der Waals surface area (Å²) in [6, 6.07) is 0. The topological polar surface area (TPSA) is 55.1 Å². The van der Waals surface area contributed by atoms with Crippen LogP contribution in [0.2, 0.25) is 0 Å². The number of nitrogens with two attached hydrogens (primary N) is 1. The van der Waals surface area contributed by atoms with Gasteiger partial charge in [0.1, 0.15) is 0 Å². The zero-order valence-corrected chi connectivity index (χ0v) is 5.26. The maximum atomic E-state index is 10.5. The summed E-state index contributed by atoms with van der Waals surface area (Å²) in [5, 5.41) is 2.99. The summed E-state index contributed by atoms with van der Waals surface area (Å²) >= 11 is 0. The Morgan fingerprint density at radius 2 is 2.56 bits per heavy atom. The number of carbonyl (C=O) groups excluding carboxylic acids is 1. The SMILES string of the molecule is NC(=O)[C@H]1[CH]NCCC1. The van der Waals surface area contributed by atoms with Crippen molar-refractivity contribution in [1.29, 1.82) is 0 Å². The first-order valence-corrected chi connectivity index (χ1v) is 3.17. The molecule has 1 heterocycles. The van der Waals surface area contributed by atoms with Gasteiger partial charge in [-0.1, -0.05) is 0 Å². The molecule has 0 aliphatic carbocycles. The summed E-state index contributed by atoms with van der Waals surface area (Å²) in [5.41, 5.74) is 5.06. The highest BCUT2D eigenvalue weighted by atomic mass is 16.1. The van der Waals surface area contributed by atoms with E-state index in [4.69, 9.17) is 5.73 Å². The Morgan fingerprint density at radius 1 is 1.78 bits per heavy atom. The van der Waals surface area contributed by atoms with Gasteiger partial charge in [0.25, 0.3) is 0 Å². The lowest BCUT2D eigenvalue weighted by atomic mass is 9.99. The molecular formula is C6H11N2O. The molecule has 1 atom stereocenters. The molecule has 0 aromatic heterocycles. The van der Waals surface area contributed by atoms with Gasteiger partial charge in [-0.2, -0.15) is 0 Å². The first-order chi connectivity index (χ1) is 4.30. The number of piperidine rings is 1. The molecule has 0 unspecified atom stereocenters. The molecular weight excluding hydrogens is 116 g/mol. The van der Waals surface area contributed by atoms with Crippen LogP contribution in [0.1, 0.15) is 12.8 Å². The van der Waals surface area contributed by atoms with E-state index in [0.29, 0.717) is 0 Å². The predicted molar refractivity (Wildman–Crippen MR) is 34.2 cm³/mol. The number of carbonyl (C=O) groups is 1. The summed E-state index contributed by atoms with van der Waals surface area (Å²) in [6.07, 6.45) is 1.95. The van der Waals surface area contributed by atoms with Crippen molar-refractivity contribution in [3.05, 3.63) is 6.54 Å². The van der Waals surface area contributed by atoms with Crippen LogP contribution in [-0.4, -0.2) is 12.5 Å². The molecule has 0 spiro atoms. The van der Waals surface area contributed by atoms with E-state index in [-0.39, 0.29) is 11.8 Å². The number of nitrogens with one attached hydrogen (secondary N) is 1. The van der Waals surface area contributed by atoms with Gasteiger partial charge in [0.15, 0.2) is 0 Å². The van der Waals surface area contributed by atoms with Gasteiger partial charge in [-0.05, 0) is 19.4 Å². The Morgan fingerprint density at radius 3 is 2.89 bits per heavy atom. The predicted octanol–water partition coefficient (Wildman–Crippen LogP) is -0.367. The summed E-state index contributed by atoms with van der Waals surface area (Å²) in [4.78, 5) is 10.5. The van der Waals surface area contributed by atoms with Crippen LogP contribution >= 0.6 is 0 Å².